The lowest BCUT2D eigenvalue weighted by molar-refractivity contribution is -0.0302. The van der Waals surface area contributed by atoms with Gasteiger partial charge in [-0.2, -0.15) is 0 Å². The van der Waals surface area contributed by atoms with Crippen molar-refractivity contribution >= 4 is 16.8 Å². The number of aliphatic hydroxyl groups excluding tert-OH is 1. The summed E-state index contributed by atoms with van der Waals surface area (Å²) in [4.78, 5) is 31.5. The van der Waals surface area contributed by atoms with Crippen LogP contribution in [-0.2, 0) is 18.6 Å². The molecule has 1 amide bonds. The van der Waals surface area contributed by atoms with Crippen molar-refractivity contribution in [3.63, 3.8) is 0 Å². The van der Waals surface area contributed by atoms with E-state index in [9.17, 15) is 24.9 Å². The third-order valence-corrected chi connectivity index (χ3v) is 9.86. The fourth-order valence-corrected chi connectivity index (χ4v) is 7.10. The van der Waals surface area contributed by atoms with E-state index < -0.39 is 11.7 Å². The average Bonchev–Trinajstić information content (AvgIpc) is 3.63. The maximum absolute atomic E-state index is 12.7. The topological polar surface area (TPSA) is 173 Å². The normalized spacial score (nSPS) is 17.0. The summed E-state index contributed by atoms with van der Waals surface area (Å²) < 4.78 is 6.18. The van der Waals surface area contributed by atoms with E-state index in [2.05, 4.69) is 32.0 Å². The van der Waals surface area contributed by atoms with Crippen LogP contribution in [0.15, 0.2) is 87.7 Å². The fourth-order valence-electron chi connectivity index (χ4n) is 7.10. The average molecular weight is 682 g/mol. The summed E-state index contributed by atoms with van der Waals surface area (Å²) in [6.07, 6.45) is 14.8. The molecule has 2 heterocycles. The van der Waals surface area contributed by atoms with Crippen LogP contribution in [0, 0.1) is 5.92 Å². The van der Waals surface area contributed by atoms with E-state index in [0.717, 1.165) is 55.4 Å². The van der Waals surface area contributed by atoms with Crippen LogP contribution >= 0.6 is 0 Å². The molecule has 7 N–H and O–H groups in total. The van der Waals surface area contributed by atoms with Crippen LogP contribution < -0.4 is 21.5 Å². The van der Waals surface area contributed by atoms with Crippen LogP contribution in [0.5, 0.6) is 5.75 Å². The Kier molecular flexibility index (Phi) is 11.6. The maximum atomic E-state index is 12.7. The highest BCUT2D eigenvalue weighted by Crippen LogP contribution is 2.46. The molecule has 11 nitrogen and oxygen atoms in total. The zero-order valence-corrected chi connectivity index (χ0v) is 28.3. The number of carbonyl (C=O) groups is 1. The Morgan fingerprint density at radius 3 is 2.62 bits per heavy atom. The number of aromatic amines is 1. The lowest BCUT2D eigenvalue weighted by Gasteiger charge is -2.38. The number of pyridine rings is 1. The summed E-state index contributed by atoms with van der Waals surface area (Å²) in [6, 6.07) is 13.3. The predicted molar refractivity (Wildman–Crippen MR) is 192 cm³/mol. The molecule has 0 spiro atoms. The number of nitrogens with one attached hydrogen (secondary N) is 4. The number of benzene rings is 2. The van der Waals surface area contributed by atoms with Crippen molar-refractivity contribution in [3.05, 3.63) is 117 Å². The summed E-state index contributed by atoms with van der Waals surface area (Å²) in [5.41, 5.74) is 1.91. The van der Waals surface area contributed by atoms with E-state index in [-0.39, 0.29) is 29.7 Å². The van der Waals surface area contributed by atoms with Crippen molar-refractivity contribution in [2.24, 2.45) is 5.92 Å². The van der Waals surface area contributed by atoms with Gasteiger partial charge in [0.25, 0.3) is 5.91 Å². The Hall–Kier alpha value is -4.55. The van der Waals surface area contributed by atoms with Crippen LogP contribution in [-0.4, -0.2) is 57.4 Å². The number of carbonyl (C=O) groups excluding carboxylic acids is 1. The molecule has 0 unspecified atom stereocenters. The van der Waals surface area contributed by atoms with Crippen molar-refractivity contribution in [2.45, 2.75) is 69.6 Å². The summed E-state index contributed by atoms with van der Waals surface area (Å²) in [5, 5.41) is 43.0. The molecule has 2 aromatic carbocycles. The third kappa shape index (κ3) is 8.24. The smallest absolute Gasteiger partial charge is 0.251 e. The first-order chi connectivity index (χ1) is 24.3. The minimum absolute atomic E-state index is 0.0516. The van der Waals surface area contributed by atoms with Gasteiger partial charge in [0, 0.05) is 62.1 Å². The van der Waals surface area contributed by atoms with Crippen molar-refractivity contribution in [2.75, 3.05) is 26.2 Å². The summed E-state index contributed by atoms with van der Waals surface area (Å²) in [5.74, 6) is 1.05. The van der Waals surface area contributed by atoms with Gasteiger partial charge in [-0.3, -0.25) is 9.59 Å². The van der Waals surface area contributed by atoms with Crippen LogP contribution in [0.3, 0.4) is 0 Å². The molecule has 2 atom stereocenters. The molecule has 1 fully saturated rings. The number of rotatable bonds is 15. The molecule has 2 aromatic heterocycles. The number of H-pyrrole nitrogens is 1. The summed E-state index contributed by atoms with van der Waals surface area (Å²) in [7, 11) is 0. The molecule has 0 bridgehead atoms. The zero-order valence-electron chi connectivity index (χ0n) is 28.3. The van der Waals surface area contributed by atoms with Crippen LogP contribution in [0.4, 0.5) is 0 Å². The van der Waals surface area contributed by atoms with Gasteiger partial charge in [-0.1, -0.05) is 55.7 Å². The van der Waals surface area contributed by atoms with Crippen molar-refractivity contribution in [1.29, 1.82) is 0 Å². The van der Waals surface area contributed by atoms with Gasteiger partial charge in [0.1, 0.15) is 11.5 Å². The molecule has 6 rings (SSSR count). The lowest BCUT2D eigenvalue weighted by Crippen LogP contribution is -2.39. The van der Waals surface area contributed by atoms with Crippen molar-refractivity contribution < 1.29 is 24.5 Å². The first kappa shape index (κ1) is 35.3. The number of amides is 1. The number of aromatic nitrogens is 2. The number of aliphatic hydroxyl groups is 2. The van der Waals surface area contributed by atoms with Gasteiger partial charge in [0.05, 0.1) is 17.8 Å². The molecular formula is C39H47N5O6. The van der Waals surface area contributed by atoms with E-state index in [4.69, 9.17) is 4.42 Å². The van der Waals surface area contributed by atoms with Crippen LogP contribution in [0.2, 0.25) is 0 Å². The standard InChI is InChI=1S/C39H47N5O6/c45-33-17-15-31(32-16-18-35(47)44-36(32)33)34(46)25-41-23-26-11-13-27(14-12-26)37(48)42-22-21-40-20-19-30-24-43-38(50-30)39(49,28-7-3-1-4-8-28)29-9-5-2-6-10-29/h1,3,7,11-18,24,29,34,40-41,45-46,49H,2,4-6,8-10,19-23,25H2,(H,42,48)(H,44,47)/t34-,39-/m0/s1. The second kappa shape index (κ2) is 16.4. The SMILES string of the molecule is O=C(NCCNCCc1cnc([C@](O)(C2=CC=CCC2)C2CCCCC2)o1)c1ccc(CNC[C@H](O)c2ccc(O)c3[nH]c(=O)ccc23)cc1. The largest absolute Gasteiger partial charge is 0.506 e. The van der Waals surface area contributed by atoms with Gasteiger partial charge in [-0.05, 0) is 66.6 Å². The minimum Gasteiger partial charge on any atom is -0.506 e. The Balaban J connectivity index is 0.911. The number of fused-ring (bicyclic) bond motifs is 1. The Labute approximate surface area is 291 Å². The number of phenols is 1. The van der Waals surface area contributed by atoms with E-state index in [0.29, 0.717) is 60.5 Å². The zero-order chi connectivity index (χ0) is 34.9. The second-order valence-electron chi connectivity index (χ2n) is 13.3. The minimum atomic E-state index is -1.16. The van der Waals surface area contributed by atoms with Gasteiger partial charge in [-0.15, -0.1) is 0 Å². The number of phenolic OH excluding ortho intramolecular Hbond substituents is 1. The van der Waals surface area contributed by atoms with Gasteiger partial charge in [0.15, 0.2) is 5.60 Å². The lowest BCUT2D eigenvalue weighted by atomic mass is 9.71. The molecule has 0 radical (unpaired) electrons. The Morgan fingerprint density at radius 2 is 1.84 bits per heavy atom. The van der Waals surface area contributed by atoms with Crippen LogP contribution in [0.1, 0.15) is 84.2 Å². The summed E-state index contributed by atoms with van der Waals surface area (Å²) >= 11 is 0. The number of hydrogen-bond acceptors (Lipinski definition) is 9. The first-order valence-electron chi connectivity index (χ1n) is 17.7. The van der Waals surface area contributed by atoms with E-state index in [1.165, 1.54) is 18.6 Å². The van der Waals surface area contributed by atoms with Gasteiger partial charge < -0.3 is 40.7 Å². The van der Waals surface area contributed by atoms with E-state index >= 15 is 0 Å². The molecule has 2 aliphatic carbocycles. The number of oxazole rings is 1. The predicted octanol–water partition coefficient (Wildman–Crippen LogP) is 4.65. The van der Waals surface area contributed by atoms with Crippen molar-refractivity contribution in [3.8, 4) is 5.75 Å². The number of nitrogens with zero attached hydrogens (tertiary/aromatic N) is 1. The highest BCUT2D eigenvalue weighted by atomic mass is 16.4. The molecule has 11 heteroatoms. The molecule has 264 valence electrons. The monoisotopic (exact) mass is 681 g/mol. The molecule has 1 saturated carbocycles. The van der Waals surface area contributed by atoms with E-state index in [1.807, 2.05) is 24.3 Å². The van der Waals surface area contributed by atoms with Gasteiger partial charge >= 0.3 is 0 Å². The number of allylic oxidation sites excluding steroid dienone is 3. The molecule has 0 saturated heterocycles. The number of hydrogen-bond donors (Lipinski definition) is 7. The quantitative estimate of drug-likeness (QED) is 0.0882. The summed E-state index contributed by atoms with van der Waals surface area (Å²) in [6.45, 7) is 2.44. The van der Waals surface area contributed by atoms with Crippen LogP contribution in [0.25, 0.3) is 10.9 Å². The third-order valence-electron chi connectivity index (χ3n) is 9.86. The van der Waals surface area contributed by atoms with Crippen molar-refractivity contribution in [1.82, 2.24) is 25.9 Å². The number of aromatic hydroxyl groups is 1. The molecule has 50 heavy (non-hydrogen) atoms. The molecule has 2 aliphatic rings. The molecule has 4 aromatic rings. The maximum Gasteiger partial charge on any atom is 0.251 e. The Bertz CT molecular complexity index is 1870. The fraction of sp³-hybridized carbons (Fsp3) is 0.410. The highest BCUT2D eigenvalue weighted by molar-refractivity contribution is 5.94. The second-order valence-corrected chi connectivity index (χ2v) is 13.3. The van der Waals surface area contributed by atoms with Gasteiger partial charge in [0.2, 0.25) is 11.4 Å². The van der Waals surface area contributed by atoms with E-state index in [1.54, 1.807) is 30.5 Å². The first-order valence-corrected chi connectivity index (χ1v) is 17.7. The highest BCUT2D eigenvalue weighted by Gasteiger charge is 2.45. The Morgan fingerprint density at radius 1 is 1.02 bits per heavy atom. The molecular weight excluding hydrogens is 634 g/mol. The molecule has 0 aliphatic heterocycles. The van der Waals surface area contributed by atoms with Gasteiger partial charge in [-0.25, -0.2) is 4.98 Å².